The molecule has 3 aromatic rings. The summed E-state index contributed by atoms with van der Waals surface area (Å²) in [7, 11) is 3.09. The van der Waals surface area contributed by atoms with Crippen LogP contribution >= 0.6 is 0 Å². The van der Waals surface area contributed by atoms with Gasteiger partial charge in [0.05, 0.1) is 23.9 Å². The molecule has 0 bridgehead atoms. The van der Waals surface area contributed by atoms with E-state index in [1.807, 2.05) is 30.3 Å². The van der Waals surface area contributed by atoms with Crippen molar-refractivity contribution in [2.24, 2.45) is 0 Å². The quantitative estimate of drug-likeness (QED) is 0.341. The monoisotopic (exact) mass is 527 g/mol. The Morgan fingerprint density at radius 2 is 2.03 bits per heavy atom. The summed E-state index contributed by atoms with van der Waals surface area (Å²) < 4.78 is 26.1. The van der Waals surface area contributed by atoms with Crippen molar-refractivity contribution in [2.75, 3.05) is 45.8 Å². The van der Waals surface area contributed by atoms with Crippen molar-refractivity contribution in [1.29, 1.82) is 0 Å². The predicted molar refractivity (Wildman–Crippen MR) is 135 cm³/mol. The van der Waals surface area contributed by atoms with Gasteiger partial charge in [0.2, 0.25) is 11.8 Å². The molecule has 202 valence electrons. The first-order valence-corrected chi connectivity index (χ1v) is 12.0. The van der Waals surface area contributed by atoms with Gasteiger partial charge in [0.1, 0.15) is 11.9 Å². The maximum absolute atomic E-state index is 13.8. The zero-order valence-electron chi connectivity index (χ0n) is 21.3. The second kappa shape index (κ2) is 12.4. The zero-order chi connectivity index (χ0) is 27.1. The number of ether oxygens (including phenoxy) is 2. The van der Waals surface area contributed by atoms with Gasteiger partial charge in [-0.05, 0) is 36.8 Å². The number of nitrogens with one attached hydrogen (secondary N) is 3. The minimum atomic E-state index is -0.642. The Balaban J connectivity index is 1.55. The highest BCUT2D eigenvalue weighted by Crippen LogP contribution is 2.31. The summed E-state index contributed by atoms with van der Waals surface area (Å²) in [5.74, 6) is -0.393. The summed E-state index contributed by atoms with van der Waals surface area (Å²) in [6.45, 7) is 2.74. The third-order valence-corrected chi connectivity index (χ3v) is 5.90. The topological polar surface area (TPSA) is 132 Å². The number of urea groups is 1. The van der Waals surface area contributed by atoms with Gasteiger partial charge in [-0.15, -0.1) is 5.10 Å². The molecule has 3 N–H and O–H groups in total. The molecule has 0 spiro atoms. The Morgan fingerprint density at radius 3 is 2.74 bits per heavy atom. The molecule has 4 rings (SSSR count). The van der Waals surface area contributed by atoms with E-state index >= 15 is 0 Å². The molecule has 0 saturated carbocycles. The number of methoxy groups -OCH3 is 1. The fourth-order valence-corrected chi connectivity index (χ4v) is 3.97. The molecule has 12 nitrogen and oxygen atoms in total. The van der Waals surface area contributed by atoms with E-state index in [0.717, 1.165) is 0 Å². The molecule has 1 aromatic carbocycles. The molecule has 38 heavy (non-hydrogen) atoms. The van der Waals surface area contributed by atoms with Crippen LogP contribution in [0, 0.1) is 12.9 Å². The Hall–Kier alpha value is -4.07. The molecule has 1 aliphatic rings. The van der Waals surface area contributed by atoms with Crippen molar-refractivity contribution in [2.45, 2.75) is 19.1 Å². The number of anilines is 1. The van der Waals surface area contributed by atoms with Gasteiger partial charge in [0, 0.05) is 33.4 Å². The van der Waals surface area contributed by atoms with Gasteiger partial charge in [-0.3, -0.25) is 14.9 Å². The molecular formula is C25H30FN7O5. The SMILES string of the molecule is CNC(=O)COc1nn(-c2ccccc2)c(NC(=O)N[C@@H]2CN(CCOC)O[C@H]2c2ccnc(F)c2)c1C. The number of rotatable bonds is 10. The number of amides is 3. The molecule has 1 fully saturated rings. The summed E-state index contributed by atoms with van der Waals surface area (Å²) in [5, 5.41) is 14.4. The molecule has 2 aromatic heterocycles. The summed E-state index contributed by atoms with van der Waals surface area (Å²) in [4.78, 5) is 34.5. The van der Waals surface area contributed by atoms with Crippen molar-refractivity contribution < 1.29 is 28.3 Å². The van der Waals surface area contributed by atoms with Crippen LogP contribution in [0.4, 0.5) is 15.0 Å². The number of hydroxylamine groups is 2. The van der Waals surface area contributed by atoms with E-state index in [-0.39, 0.29) is 18.4 Å². The highest BCUT2D eigenvalue weighted by Gasteiger charge is 2.37. The van der Waals surface area contributed by atoms with Gasteiger partial charge >= 0.3 is 6.03 Å². The molecule has 2 atom stereocenters. The Kier molecular flexibility index (Phi) is 8.84. The van der Waals surface area contributed by atoms with Crippen LogP contribution in [0.15, 0.2) is 48.7 Å². The number of para-hydroxylation sites is 1. The van der Waals surface area contributed by atoms with Crippen molar-refractivity contribution in [3.8, 4) is 11.6 Å². The number of carbonyl (C=O) groups is 2. The van der Waals surface area contributed by atoms with E-state index in [1.165, 1.54) is 24.0 Å². The lowest BCUT2D eigenvalue weighted by atomic mass is 10.0. The van der Waals surface area contributed by atoms with Crippen LogP contribution in [0.1, 0.15) is 17.2 Å². The van der Waals surface area contributed by atoms with Gasteiger partial charge in [-0.25, -0.2) is 14.5 Å². The summed E-state index contributed by atoms with van der Waals surface area (Å²) >= 11 is 0. The summed E-state index contributed by atoms with van der Waals surface area (Å²) in [6.07, 6.45) is 0.715. The third-order valence-electron chi connectivity index (χ3n) is 5.90. The highest BCUT2D eigenvalue weighted by molar-refractivity contribution is 5.90. The van der Waals surface area contributed by atoms with E-state index in [4.69, 9.17) is 14.3 Å². The minimum absolute atomic E-state index is 0.202. The number of hydrogen-bond acceptors (Lipinski definition) is 8. The molecule has 3 heterocycles. The van der Waals surface area contributed by atoms with Crippen LogP contribution in [0.5, 0.6) is 5.88 Å². The number of nitrogens with zero attached hydrogens (tertiary/aromatic N) is 4. The number of aromatic nitrogens is 3. The van der Waals surface area contributed by atoms with E-state index < -0.39 is 24.1 Å². The van der Waals surface area contributed by atoms with Crippen LogP contribution in [0.25, 0.3) is 5.69 Å². The van der Waals surface area contributed by atoms with Crippen molar-refractivity contribution in [3.05, 3.63) is 65.7 Å². The maximum atomic E-state index is 13.8. The molecule has 0 unspecified atom stereocenters. The largest absolute Gasteiger partial charge is 0.466 e. The lowest BCUT2D eigenvalue weighted by Gasteiger charge is -2.19. The minimum Gasteiger partial charge on any atom is -0.466 e. The standard InChI is InChI=1S/C25H30FN7O5/c1-16-23(33(18-7-5-4-6-8-18)31-24(16)37-15-21(34)27-2)30-25(35)29-19-14-32(11-12-36-3)38-22(19)17-9-10-28-20(26)13-17/h4-10,13,19,22H,11-12,14-15H2,1-3H3,(H,27,34)(H2,29,30,35)/t19-,22+/m1/s1. The van der Waals surface area contributed by atoms with Crippen LogP contribution in [-0.2, 0) is 14.4 Å². The molecular weight excluding hydrogens is 497 g/mol. The molecule has 1 aliphatic heterocycles. The Bertz CT molecular complexity index is 1260. The van der Waals surface area contributed by atoms with E-state index in [2.05, 4.69) is 26.0 Å². The lowest BCUT2D eigenvalue weighted by Crippen LogP contribution is -2.42. The van der Waals surface area contributed by atoms with Crippen LogP contribution in [0.2, 0.25) is 0 Å². The van der Waals surface area contributed by atoms with Crippen molar-refractivity contribution in [3.63, 3.8) is 0 Å². The van der Waals surface area contributed by atoms with E-state index in [1.54, 1.807) is 25.2 Å². The molecule has 0 radical (unpaired) electrons. The fourth-order valence-electron chi connectivity index (χ4n) is 3.97. The summed E-state index contributed by atoms with van der Waals surface area (Å²) in [6, 6.07) is 11.1. The Labute approximate surface area is 219 Å². The number of carbonyl (C=O) groups excluding carboxylic acids is 2. The van der Waals surface area contributed by atoms with Crippen LogP contribution < -0.4 is 20.7 Å². The lowest BCUT2D eigenvalue weighted by molar-refractivity contribution is -0.154. The highest BCUT2D eigenvalue weighted by atomic mass is 19.1. The molecule has 13 heteroatoms. The van der Waals surface area contributed by atoms with Gasteiger partial charge in [-0.2, -0.15) is 9.45 Å². The number of pyridine rings is 1. The number of likely N-dealkylation sites (N-methyl/N-ethyl adjacent to an activating group) is 1. The molecule has 1 saturated heterocycles. The fraction of sp³-hybridized carbons (Fsp3) is 0.360. The smallest absolute Gasteiger partial charge is 0.320 e. The van der Waals surface area contributed by atoms with Crippen LogP contribution in [-0.4, -0.2) is 78.3 Å². The van der Waals surface area contributed by atoms with Gasteiger partial charge in [-0.1, -0.05) is 18.2 Å². The first kappa shape index (κ1) is 27.0. The molecule has 3 amide bonds. The second-order valence-corrected chi connectivity index (χ2v) is 8.51. The number of halogens is 1. The van der Waals surface area contributed by atoms with Crippen molar-refractivity contribution in [1.82, 2.24) is 30.5 Å². The van der Waals surface area contributed by atoms with E-state index in [9.17, 15) is 14.0 Å². The summed E-state index contributed by atoms with van der Waals surface area (Å²) in [5.41, 5.74) is 1.75. The normalized spacial score (nSPS) is 17.3. The van der Waals surface area contributed by atoms with Crippen LogP contribution in [0.3, 0.4) is 0 Å². The Morgan fingerprint density at radius 1 is 1.24 bits per heavy atom. The van der Waals surface area contributed by atoms with E-state index in [0.29, 0.717) is 42.3 Å². The first-order valence-electron chi connectivity index (χ1n) is 12.0. The number of hydrogen-bond donors (Lipinski definition) is 3. The van der Waals surface area contributed by atoms with Gasteiger partial charge in [0.15, 0.2) is 6.61 Å². The van der Waals surface area contributed by atoms with Crippen molar-refractivity contribution >= 4 is 17.8 Å². The van der Waals surface area contributed by atoms with Gasteiger partial charge < -0.3 is 20.1 Å². The molecule has 0 aliphatic carbocycles. The second-order valence-electron chi connectivity index (χ2n) is 8.51. The number of benzene rings is 1. The third kappa shape index (κ3) is 6.43. The predicted octanol–water partition coefficient (Wildman–Crippen LogP) is 1.96. The average Bonchev–Trinajstić information content (AvgIpc) is 3.46. The first-order chi connectivity index (χ1) is 18.4. The average molecular weight is 528 g/mol. The van der Waals surface area contributed by atoms with Gasteiger partial charge in [0.25, 0.3) is 5.91 Å². The maximum Gasteiger partial charge on any atom is 0.320 e. The zero-order valence-corrected chi connectivity index (χ0v) is 21.3.